The van der Waals surface area contributed by atoms with Crippen LogP contribution in [0.2, 0.25) is 0 Å². The van der Waals surface area contributed by atoms with E-state index in [9.17, 15) is 0 Å². The van der Waals surface area contributed by atoms with E-state index in [1.807, 2.05) is 26.2 Å². The van der Waals surface area contributed by atoms with E-state index in [4.69, 9.17) is 9.84 Å². The SMILES string of the molecule is CCCCCCOc1ccc(C(CCO)N(C)C)cc1. The molecule has 1 unspecified atom stereocenters. The van der Waals surface area contributed by atoms with Crippen LogP contribution < -0.4 is 4.74 Å². The second kappa shape index (κ2) is 9.78. The van der Waals surface area contributed by atoms with Crippen molar-refractivity contribution in [3.63, 3.8) is 0 Å². The van der Waals surface area contributed by atoms with Gasteiger partial charge in [-0.15, -0.1) is 0 Å². The summed E-state index contributed by atoms with van der Waals surface area (Å²) in [5.74, 6) is 0.937. The first-order valence-corrected chi connectivity index (χ1v) is 7.69. The Morgan fingerprint density at radius 3 is 2.35 bits per heavy atom. The Kier molecular flexibility index (Phi) is 8.31. The van der Waals surface area contributed by atoms with Crippen molar-refractivity contribution in [3.8, 4) is 5.75 Å². The Morgan fingerprint density at radius 2 is 1.80 bits per heavy atom. The van der Waals surface area contributed by atoms with Crippen molar-refractivity contribution in [2.24, 2.45) is 0 Å². The van der Waals surface area contributed by atoms with Crippen LogP contribution in [-0.2, 0) is 0 Å². The lowest BCUT2D eigenvalue weighted by Crippen LogP contribution is -2.20. The fourth-order valence-corrected chi connectivity index (χ4v) is 2.35. The van der Waals surface area contributed by atoms with Gasteiger partial charge in [-0.1, -0.05) is 38.3 Å². The molecule has 114 valence electrons. The molecular formula is C17H29NO2. The van der Waals surface area contributed by atoms with Gasteiger partial charge in [0.25, 0.3) is 0 Å². The molecule has 0 saturated heterocycles. The Labute approximate surface area is 123 Å². The minimum absolute atomic E-state index is 0.207. The molecule has 0 amide bonds. The van der Waals surface area contributed by atoms with E-state index in [-0.39, 0.29) is 12.6 Å². The quantitative estimate of drug-likeness (QED) is 0.664. The first-order valence-electron chi connectivity index (χ1n) is 7.69. The fraction of sp³-hybridized carbons (Fsp3) is 0.647. The van der Waals surface area contributed by atoms with Crippen LogP contribution in [-0.4, -0.2) is 37.3 Å². The summed E-state index contributed by atoms with van der Waals surface area (Å²) in [6, 6.07) is 8.52. The largest absolute Gasteiger partial charge is 0.494 e. The van der Waals surface area contributed by atoms with Crippen molar-refractivity contribution in [2.75, 3.05) is 27.3 Å². The summed E-state index contributed by atoms with van der Waals surface area (Å²) in [6.45, 7) is 3.22. The maximum atomic E-state index is 9.14. The summed E-state index contributed by atoms with van der Waals surface area (Å²) in [5.41, 5.74) is 1.22. The molecule has 20 heavy (non-hydrogen) atoms. The van der Waals surface area contributed by atoms with Crippen LogP contribution in [0.1, 0.15) is 50.6 Å². The summed E-state index contributed by atoms with van der Waals surface area (Å²) in [6.07, 6.45) is 5.66. The van der Waals surface area contributed by atoms with Crippen molar-refractivity contribution < 1.29 is 9.84 Å². The van der Waals surface area contributed by atoms with Gasteiger partial charge in [-0.05, 0) is 44.6 Å². The molecule has 0 aromatic heterocycles. The first-order chi connectivity index (χ1) is 9.69. The second-order valence-corrected chi connectivity index (χ2v) is 5.47. The molecular weight excluding hydrogens is 250 g/mol. The second-order valence-electron chi connectivity index (χ2n) is 5.47. The Morgan fingerprint density at radius 1 is 1.10 bits per heavy atom. The number of unbranched alkanes of at least 4 members (excludes halogenated alkanes) is 3. The zero-order valence-electron chi connectivity index (χ0n) is 13.1. The number of rotatable bonds is 10. The zero-order valence-corrected chi connectivity index (χ0v) is 13.1. The number of hydrogen-bond acceptors (Lipinski definition) is 3. The fourth-order valence-electron chi connectivity index (χ4n) is 2.35. The van der Waals surface area contributed by atoms with Gasteiger partial charge in [0.2, 0.25) is 0 Å². The van der Waals surface area contributed by atoms with Gasteiger partial charge in [0.05, 0.1) is 6.61 Å². The normalized spacial score (nSPS) is 12.7. The van der Waals surface area contributed by atoms with Gasteiger partial charge in [-0.3, -0.25) is 0 Å². The number of aliphatic hydroxyl groups is 1. The van der Waals surface area contributed by atoms with Gasteiger partial charge in [-0.2, -0.15) is 0 Å². The van der Waals surface area contributed by atoms with Crippen molar-refractivity contribution in [1.29, 1.82) is 0 Å². The summed E-state index contributed by atoms with van der Waals surface area (Å²) in [7, 11) is 4.08. The molecule has 1 N–H and O–H groups in total. The molecule has 0 aliphatic rings. The number of hydrogen-bond donors (Lipinski definition) is 1. The van der Waals surface area contributed by atoms with Crippen molar-refractivity contribution in [2.45, 2.75) is 45.1 Å². The van der Waals surface area contributed by atoms with Gasteiger partial charge >= 0.3 is 0 Å². The molecule has 0 spiro atoms. The molecule has 1 atom stereocenters. The highest BCUT2D eigenvalue weighted by Gasteiger charge is 2.13. The topological polar surface area (TPSA) is 32.7 Å². The Hall–Kier alpha value is -1.06. The summed E-state index contributed by atoms with van der Waals surface area (Å²) in [4.78, 5) is 2.14. The molecule has 1 rings (SSSR count). The van der Waals surface area contributed by atoms with Crippen LogP contribution >= 0.6 is 0 Å². The maximum absolute atomic E-state index is 9.14. The van der Waals surface area contributed by atoms with E-state index in [1.165, 1.54) is 24.8 Å². The molecule has 0 bridgehead atoms. The Bertz CT molecular complexity index is 349. The molecule has 0 aliphatic heterocycles. The highest BCUT2D eigenvalue weighted by Crippen LogP contribution is 2.24. The summed E-state index contributed by atoms with van der Waals surface area (Å²) >= 11 is 0. The third kappa shape index (κ3) is 5.93. The average Bonchev–Trinajstić information content (AvgIpc) is 2.45. The van der Waals surface area contributed by atoms with Gasteiger partial charge in [0, 0.05) is 12.6 Å². The first kappa shape index (κ1) is 17.0. The van der Waals surface area contributed by atoms with Crippen molar-refractivity contribution >= 4 is 0 Å². The predicted molar refractivity (Wildman–Crippen MR) is 84.2 cm³/mol. The van der Waals surface area contributed by atoms with Crippen LogP contribution in [0.3, 0.4) is 0 Å². The van der Waals surface area contributed by atoms with E-state index < -0.39 is 0 Å². The molecule has 0 saturated carbocycles. The molecule has 0 radical (unpaired) electrons. The van der Waals surface area contributed by atoms with Crippen LogP contribution in [0.4, 0.5) is 0 Å². The lowest BCUT2D eigenvalue weighted by molar-refractivity contribution is 0.210. The third-order valence-corrected chi connectivity index (χ3v) is 3.56. The number of nitrogens with zero attached hydrogens (tertiary/aromatic N) is 1. The van der Waals surface area contributed by atoms with E-state index in [0.29, 0.717) is 0 Å². The van der Waals surface area contributed by atoms with Gasteiger partial charge in [-0.25, -0.2) is 0 Å². The van der Waals surface area contributed by atoms with Gasteiger partial charge in [0.15, 0.2) is 0 Å². The van der Waals surface area contributed by atoms with E-state index in [2.05, 4.69) is 24.0 Å². The van der Waals surface area contributed by atoms with Crippen molar-refractivity contribution in [3.05, 3.63) is 29.8 Å². The minimum Gasteiger partial charge on any atom is -0.494 e. The van der Waals surface area contributed by atoms with Crippen LogP contribution in [0.15, 0.2) is 24.3 Å². The Balaban J connectivity index is 2.46. The van der Waals surface area contributed by atoms with Gasteiger partial charge < -0.3 is 14.7 Å². The molecule has 0 fully saturated rings. The van der Waals surface area contributed by atoms with Crippen molar-refractivity contribution in [1.82, 2.24) is 4.90 Å². The molecule has 3 nitrogen and oxygen atoms in total. The molecule has 1 aromatic rings. The zero-order chi connectivity index (χ0) is 14.8. The highest BCUT2D eigenvalue weighted by molar-refractivity contribution is 5.29. The standard InChI is InChI=1S/C17H29NO2/c1-4-5-6-7-14-20-16-10-8-15(9-11-16)17(12-13-19)18(2)3/h8-11,17,19H,4-7,12-14H2,1-3H3. The third-order valence-electron chi connectivity index (χ3n) is 3.56. The molecule has 3 heteroatoms. The maximum Gasteiger partial charge on any atom is 0.119 e. The summed E-state index contributed by atoms with van der Waals surface area (Å²) in [5, 5.41) is 9.14. The van der Waals surface area contributed by atoms with Crippen LogP contribution in [0.5, 0.6) is 5.75 Å². The van der Waals surface area contributed by atoms with E-state index >= 15 is 0 Å². The number of benzene rings is 1. The lowest BCUT2D eigenvalue weighted by atomic mass is 10.0. The molecule has 0 aliphatic carbocycles. The number of ether oxygens (including phenoxy) is 1. The predicted octanol–water partition coefficient (Wildman–Crippen LogP) is 3.63. The van der Waals surface area contributed by atoms with Gasteiger partial charge in [0.1, 0.15) is 5.75 Å². The molecule has 1 aromatic carbocycles. The summed E-state index contributed by atoms with van der Waals surface area (Å²) < 4.78 is 5.74. The smallest absolute Gasteiger partial charge is 0.119 e. The van der Waals surface area contributed by atoms with E-state index in [0.717, 1.165) is 25.2 Å². The number of aliphatic hydroxyl groups excluding tert-OH is 1. The average molecular weight is 279 g/mol. The molecule has 0 heterocycles. The monoisotopic (exact) mass is 279 g/mol. The lowest BCUT2D eigenvalue weighted by Gasteiger charge is -2.24. The minimum atomic E-state index is 0.207. The highest BCUT2D eigenvalue weighted by atomic mass is 16.5. The van der Waals surface area contributed by atoms with E-state index in [1.54, 1.807) is 0 Å². The van der Waals surface area contributed by atoms with Crippen LogP contribution in [0.25, 0.3) is 0 Å². The van der Waals surface area contributed by atoms with Crippen LogP contribution in [0, 0.1) is 0 Å².